The highest BCUT2D eigenvalue weighted by Crippen LogP contribution is 2.26. The number of amides is 1. The fraction of sp³-hybridized carbons (Fsp3) is 0.476. The third kappa shape index (κ3) is 5.35. The van der Waals surface area contributed by atoms with Gasteiger partial charge in [0, 0.05) is 32.9 Å². The Balaban J connectivity index is 1.49. The van der Waals surface area contributed by atoms with E-state index in [-0.39, 0.29) is 10.6 Å². The van der Waals surface area contributed by atoms with Crippen LogP contribution in [0.4, 0.5) is 16.2 Å². The van der Waals surface area contributed by atoms with Crippen LogP contribution in [0, 0.1) is 18.7 Å². The Kier molecular flexibility index (Phi) is 6.90. The van der Waals surface area contributed by atoms with Crippen molar-refractivity contribution in [2.24, 2.45) is 5.92 Å². The van der Waals surface area contributed by atoms with Crippen LogP contribution >= 0.6 is 11.6 Å². The van der Waals surface area contributed by atoms with Crippen LogP contribution < -0.4 is 15.5 Å². The highest BCUT2D eigenvalue weighted by atomic mass is 35.5. The number of halogens is 2. The van der Waals surface area contributed by atoms with Crippen molar-refractivity contribution in [3.63, 3.8) is 0 Å². The summed E-state index contributed by atoms with van der Waals surface area (Å²) >= 11 is 6.02. The molecule has 3 rings (SSSR count). The number of carbonyl (C=O) groups is 1. The summed E-state index contributed by atoms with van der Waals surface area (Å²) in [6, 6.07) is 5.30. The molecule has 2 N–H and O–H groups in total. The fourth-order valence-corrected chi connectivity index (χ4v) is 3.78. The van der Waals surface area contributed by atoms with Gasteiger partial charge in [-0.15, -0.1) is 0 Å². The Bertz CT molecular complexity index is 868. The van der Waals surface area contributed by atoms with E-state index in [0.717, 1.165) is 31.5 Å². The largest absolute Gasteiger partial charge is 0.363 e. The highest BCUT2D eigenvalue weighted by Gasteiger charge is 2.24. The van der Waals surface area contributed by atoms with Crippen molar-refractivity contribution >= 4 is 29.3 Å². The van der Waals surface area contributed by atoms with Crippen molar-refractivity contribution in [1.82, 2.24) is 15.3 Å². The Morgan fingerprint density at radius 2 is 1.97 bits per heavy atom. The van der Waals surface area contributed by atoms with Crippen LogP contribution in [0.25, 0.3) is 0 Å². The van der Waals surface area contributed by atoms with E-state index in [1.807, 2.05) is 25.1 Å². The normalized spacial score (nSPS) is 18.9. The third-order valence-electron chi connectivity index (χ3n) is 5.34. The van der Waals surface area contributed by atoms with Crippen LogP contribution in [0.1, 0.15) is 41.6 Å². The Hall–Kier alpha value is -2.41. The summed E-state index contributed by atoms with van der Waals surface area (Å²) < 4.78 is 14.2. The van der Waals surface area contributed by atoms with Gasteiger partial charge in [-0.1, -0.05) is 17.7 Å². The first kappa shape index (κ1) is 21.3. The molecule has 0 bridgehead atoms. The number of rotatable bonds is 6. The molecule has 1 heterocycles. The second kappa shape index (κ2) is 9.39. The van der Waals surface area contributed by atoms with Crippen LogP contribution in [-0.2, 0) is 0 Å². The molecule has 0 unspecified atom stereocenters. The first-order chi connectivity index (χ1) is 13.8. The van der Waals surface area contributed by atoms with E-state index in [4.69, 9.17) is 11.6 Å². The molecule has 1 aliphatic rings. The summed E-state index contributed by atoms with van der Waals surface area (Å²) in [5.41, 5.74) is 0.339. The van der Waals surface area contributed by atoms with E-state index >= 15 is 0 Å². The van der Waals surface area contributed by atoms with Crippen LogP contribution in [0.15, 0.2) is 24.4 Å². The van der Waals surface area contributed by atoms with Crippen LogP contribution in [0.2, 0.25) is 5.02 Å². The zero-order chi connectivity index (χ0) is 21.0. The molecule has 1 aliphatic carbocycles. The van der Waals surface area contributed by atoms with E-state index in [9.17, 15) is 9.18 Å². The molecule has 156 valence electrons. The third-order valence-corrected chi connectivity index (χ3v) is 5.66. The molecule has 0 aliphatic heterocycles. The molecule has 2 aromatic rings. The van der Waals surface area contributed by atoms with E-state index < -0.39 is 11.7 Å². The van der Waals surface area contributed by atoms with Gasteiger partial charge in [-0.25, -0.2) is 9.37 Å². The maximum Gasteiger partial charge on any atom is 0.255 e. The monoisotopic (exact) mass is 419 g/mol. The smallest absolute Gasteiger partial charge is 0.255 e. The zero-order valence-electron chi connectivity index (χ0n) is 17.0. The highest BCUT2D eigenvalue weighted by molar-refractivity contribution is 6.33. The molecule has 6 nitrogen and oxygen atoms in total. The van der Waals surface area contributed by atoms with Gasteiger partial charge in [0.05, 0.1) is 10.6 Å². The van der Waals surface area contributed by atoms with Gasteiger partial charge in [0.1, 0.15) is 11.6 Å². The van der Waals surface area contributed by atoms with Gasteiger partial charge < -0.3 is 15.5 Å². The maximum absolute atomic E-state index is 14.2. The molecule has 1 aromatic carbocycles. The van der Waals surface area contributed by atoms with Gasteiger partial charge in [-0.3, -0.25) is 4.79 Å². The Morgan fingerprint density at radius 1 is 1.24 bits per heavy atom. The van der Waals surface area contributed by atoms with E-state index in [1.54, 1.807) is 25.3 Å². The van der Waals surface area contributed by atoms with Gasteiger partial charge in [0.2, 0.25) is 5.95 Å². The molecule has 8 heteroatoms. The lowest BCUT2D eigenvalue weighted by molar-refractivity contribution is 0.0939. The minimum absolute atomic E-state index is 0.0695. The van der Waals surface area contributed by atoms with E-state index in [2.05, 4.69) is 20.6 Å². The molecular weight excluding hydrogens is 393 g/mol. The van der Waals surface area contributed by atoms with Gasteiger partial charge in [0.15, 0.2) is 0 Å². The number of aryl methyl sites for hydroxylation is 1. The predicted molar refractivity (Wildman–Crippen MR) is 114 cm³/mol. The lowest BCUT2D eigenvalue weighted by Crippen LogP contribution is -2.34. The quantitative estimate of drug-likeness (QED) is 0.739. The molecule has 0 atom stereocenters. The lowest BCUT2D eigenvalue weighted by Gasteiger charge is -2.29. The Morgan fingerprint density at radius 3 is 2.66 bits per heavy atom. The molecule has 0 saturated heterocycles. The molecule has 1 aromatic heterocycles. The molecule has 0 radical (unpaired) electrons. The number of anilines is 2. The van der Waals surface area contributed by atoms with E-state index in [0.29, 0.717) is 30.0 Å². The fourth-order valence-electron chi connectivity index (χ4n) is 3.55. The minimum atomic E-state index is -0.553. The standard InChI is InChI=1S/C21H27ClFN5O/c1-13-4-9-16(22)18(19(13)23)20(29)25-12-14-5-7-15(8-6-14)26-21-24-11-10-17(27-21)28(2)3/h4,9-11,14-15H,5-8,12H2,1-3H3,(H,25,29)(H,24,26,27). The van der Waals surface area contributed by atoms with Gasteiger partial charge in [-0.2, -0.15) is 4.98 Å². The van der Waals surface area contributed by atoms with Crippen molar-refractivity contribution in [3.8, 4) is 0 Å². The molecule has 1 fully saturated rings. The minimum Gasteiger partial charge on any atom is -0.363 e. The predicted octanol–water partition coefficient (Wildman–Crippen LogP) is 4.04. The van der Waals surface area contributed by atoms with Gasteiger partial charge in [0.25, 0.3) is 5.91 Å². The van der Waals surface area contributed by atoms with Crippen molar-refractivity contribution in [1.29, 1.82) is 0 Å². The van der Waals surface area contributed by atoms with Crippen LogP contribution in [0.3, 0.4) is 0 Å². The second-order valence-corrected chi connectivity index (χ2v) is 8.17. The summed E-state index contributed by atoms with van der Waals surface area (Å²) in [5.74, 6) is 0.851. The SMILES string of the molecule is Cc1ccc(Cl)c(C(=O)NCC2CCC(Nc3nccc(N(C)C)n3)CC2)c1F. The molecular formula is C21H27ClFN5O. The number of carbonyl (C=O) groups excluding carboxylic acids is 1. The number of hydrogen-bond donors (Lipinski definition) is 2. The Labute approximate surface area is 175 Å². The average molecular weight is 420 g/mol. The molecule has 1 saturated carbocycles. The van der Waals surface area contributed by atoms with Gasteiger partial charge in [-0.05, 0) is 56.2 Å². The van der Waals surface area contributed by atoms with Crippen molar-refractivity contribution in [2.45, 2.75) is 38.6 Å². The van der Waals surface area contributed by atoms with Gasteiger partial charge >= 0.3 is 0 Å². The molecule has 1 amide bonds. The second-order valence-electron chi connectivity index (χ2n) is 7.76. The van der Waals surface area contributed by atoms with Crippen LogP contribution in [-0.4, -0.2) is 42.6 Å². The molecule has 29 heavy (non-hydrogen) atoms. The molecule has 0 spiro atoms. The number of benzene rings is 1. The summed E-state index contributed by atoms with van der Waals surface area (Å²) in [5, 5.41) is 6.39. The number of aromatic nitrogens is 2. The number of hydrogen-bond acceptors (Lipinski definition) is 5. The first-order valence-corrected chi connectivity index (χ1v) is 10.2. The first-order valence-electron chi connectivity index (χ1n) is 9.85. The number of nitrogens with zero attached hydrogens (tertiary/aromatic N) is 3. The van der Waals surface area contributed by atoms with E-state index in [1.165, 1.54) is 0 Å². The average Bonchev–Trinajstić information content (AvgIpc) is 2.71. The van der Waals surface area contributed by atoms with Crippen molar-refractivity contribution in [3.05, 3.63) is 46.4 Å². The lowest BCUT2D eigenvalue weighted by atomic mass is 9.86. The summed E-state index contributed by atoms with van der Waals surface area (Å²) in [6.45, 7) is 2.14. The maximum atomic E-state index is 14.2. The topological polar surface area (TPSA) is 70.2 Å². The van der Waals surface area contributed by atoms with Crippen molar-refractivity contribution in [2.75, 3.05) is 30.9 Å². The zero-order valence-corrected chi connectivity index (χ0v) is 17.8. The summed E-state index contributed by atoms with van der Waals surface area (Å²) in [6.07, 6.45) is 5.62. The van der Waals surface area contributed by atoms with Crippen molar-refractivity contribution < 1.29 is 9.18 Å². The number of nitrogens with one attached hydrogen (secondary N) is 2. The summed E-state index contributed by atoms with van der Waals surface area (Å²) in [4.78, 5) is 23.1. The summed E-state index contributed by atoms with van der Waals surface area (Å²) in [7, 11) is 3.89. The van der Waals surface area contributed by atoms with Crippen LogP contribution in [0.5, 0.6) is 0 Å².